The van der Waals surface area contributed by atoms with Crippen LogP contribution < -0.4 is 4.90 Å². The number of anilines is 1. The van der Waals surface area contributed by atoms with Gasteiger partial charge >= 0.3 is 0 Å². The van der Waals surface area contributed by atoms with Gasteiger partial charge in [0.2, 0.25) is 0 Å². The Kier molecular flexibility index (Phi) is 6.12. The van der Waals surface area contributed by atoms with Gasteiger partial charge in [0.05, 0.1) is 11.8 Å². The van der Waals surface area contributed by atoms with E-state index in [0.29, 0.717) is 0 Å². The summed E-state index contributed by atoms with van der Waals surface area (Å²) in [5.74, 6) is 0. The van der Waals surface area contributed by atoms with Crippen LogP contribution in [0.25, 0.3) is 0 Å². The van der Waals surface area contributed by atoms with Crippen LogP contribution in [0.15, 0.2) is 22.7 Å². The molecule has 102 valence electrons. The third-order valence-corrected chi connectivity index (χ3v) is 3.60. The Hall–Kier alpha value is -0.580. The second-order valence-electron chi connectivity index (χ2n) is 4.97. The minimum atomic E-state index is -0.422. The van der Waals surface area contributed by atoms with Crippen molar-refractivity contribution in [2.24, 2.45) is 0 Å². The Labute approximate surface area is 119 Å². The molecule has 1 aromatic rings. The van der Waals surface area contributed by atoms with Gasteiger partial charge in [0.25, 0.3) is 0 Å². The second kappa shape index (κ2) is 7.12. The van der Waals surface area contributed by atoms with Crippen molar-refractivity contribution in [3.8, 4) is 0 Å². The van der Waals surface area contributed by atoms with Crippen LogP contribution >= 0.6 is 15.9 Å². The summed E-state index contributed by atoms with van der Waals surface area (Å²) in [5, 5.41) is 9.54. The highest BCUT2D eigenvalue weighted by Gasteiger charge is 2.08. The number of hydrogen-bond donors (Lipinski definition) is 1. The molecule has 0 aliphatic carbocycles. The molecule has 0 amide bonds. The largest absolute Gasteiger partial charge is 0.389 e. The molecule has 1 aromatic carbocycles. The molecular formula is C14H23BrN2O. The average molecular weight is 315 g/mol. The summed E-state index contributed by atoms with van der Waals surface area (Å²) in [6.45, 7) is 3.89. The quantitative estimate of drug-likeness (QED) is 0.874. The third-order valence-electron chi connectivity index (χ3n) is 2.96. The monoisotopic (exact) mass is 314 g/mol. The van der Waals surface area contributed by atoms with Crippen molar-refractivity contribution in [2.75, 3.05) is 39.1 Å². The maximum absolute atomic E-state index is 9.54. The summed E-state index contributed by atoms with van der Waals surface area (Å²) in [6.07, 6.45) is 0.711. The summed E-state index contributed by atoms with van der Waals surface area (Å²) in [5.41, 5.74) is 2.10. The number of nitrogens with zero attached hydrogens (tertiary/aromatic N) is 2. The molecule has 0 fully saturated rings. The molecular weight excluding hydrogens is 292 g/mol. The summed E-state index contributed by atoms with van der Waals surface area (Å²) in [4.78, 5) is 4.43. The van der Waals surface area contributed by atoms with Gasteiger partial charge in [-0.25, -0.2) is 0 Å². The number of aliphatic hydroxyl groups excluding tert-OH is 1. The van der Waals surface area contributed by atoms with E-state index in [4.69, 9.17) is 0 Å². The summed E-state index contributed by atoms with van der Waals surface area (Å²) in [7, 11) is 6.28. The molecule has 3 nitrogen and oxygen atoms in total. The van der Waals surface area contributed by atoms with Crippen LogP contribution in [0.5, 0.6) is 0 Å². The standard InChI is InChI=1S/C14H23BrN2O/c1-11(18)12-6-7-14(13(15)10-12)17(4)9-5-8-16(2)3/h6-7,10-11,18H,5,8-9H2,1-4H3/t11-/m1/s1. The lowest BCUT2D eigenvalue weighted by Gasteiger charge is -2.22. The summed E-state index contributed by atoms with van der Waals surface area (Å²) < 4.78 is 1.04. The summed E-state index contributed by atoms with van der Waals surface area (Å²) in [6, 6.07) is 6.03. The van der Waals surface area contributed by atoms with Gasteiger partial charge in [-0.15, -0.1) is 0 Å². The maximum atomic E-state index is 9.54. The zero-order chi connectivity index (χ0) is 13.7. The Balaban J connectivity index is 2.65. The van der Waals surface area contributed by atoms with E-state index < -0.39 is 6.10 Å². The lowest BCUT2D eigenvalue weighted by molar-refractivity contribution is 0.199. The number of aliphatic hydroxyl groups is 1. The number of halogens is 1. The molecule has 0 aromatic heterocycles. The molecule has 0 aliphatic heterocycles. The van der Waals surface area contributed by atoms with E-state index in [1.807, 2.05) is 12.1 Å². The first-order valence-electron chi connectivity index (χ1n) is 6.25. The zero-order valence-corrected chi connectivity index (χ0v) is 13.2. The van der Waals surface area contributed by atoms with E-state index in [0.717, 1.165) is 35.2 Å². The highest BCUT2D eigenvalue weighted by Crippen LogP contribution is 2.28. The number of benzene rings is 1. The van der Waals surface area contributed by atoms with Crippen LogP contribution in [-0.4, -0.2) is 44.2 Å². The Bertz CT molecular complexity index is 380. The van der Waals surface area contributed by atoms with Crippen LogP contribution in [0.3, 0.4) is 0 Å². The van der Waals surface area contributed by atoms with E-state index in [9.17, 15) is 5.11 Å². The van der Waals surface area contributed by atoms with E-state index in [1.165, 1.54) is 0 Å². The highest BCUT2D eigenvalue weighted by atomic mass is 79.9. The van der Waals surface area contributed by atoms with Crippen molar-refractivity contribution in [3.63, 3.8) is 0 Å². The molecule has 0 spiro atoms. The molecule has 0 saturated carbocycles. The van der Waals surface area contributed by atoms with Crippen LogP contribution in [0.1, 0.15) is 25.0 Å². The number of rotatable bonds is 6. The van der Waals surface area contributed by atoms with Crippen molar-refractivity contribution in [1.82, 2.24) is 4.90 Å². The molecule has 0 saturated heterocycles. The lowest BCUT2D eigenvalue weighted by atomic mass is 10.1. The smallest absolute Gasteiger partial charge is 0.0762 e. The second-order valence-corrected chi connectivity index (χ2v) is 5.82. The zero-order valence-electron chi connectivity index (χ0n) is 11.7. The predicted molar refractivity (Wildman–Crippen MR) is 81.2 cm³/mol. The van der Waals surface area contributed by atoms with Gasteiger partial charge in [0.1, 0.15) is 0 Å². The van der Waals surface area contributed by atoms with Crippen molar-refractivity contribution in [2.45, 2.75) is 19.4 Å². The van der Waals surface area contributed by atoms with Gasteiger partial charge in [-0.3, -0.25) is 0 Å². The predicted octanol–water partition coefficient (Wildman–Crippen LogP) is 2.89. The Morgan fingerprint density at radius 2 is 1.89 bits per heavy atom. The van der Waals surface area contributed by atoms with Gasteiger partial charge in [-0.1, -0.05) is 6.07 Å². The van der Waals surface area contributed by atoms with Crippen molar-refractivity contribution in [1.29, 1.82) is 0 Å². The topological polar surface area (TPSA) is 26.7 Å². The normalized spacial score (nSPS) is 12.8. The SMILES string of the molecule is C[C@@H](O)c1ccc(N(C)CCCN(C)C)c(Br)c1. The van der Waals surface area contributed by atoms with E-state index in [-0.39, 0.29) is 0 Å². The maximum Gasteiger partial charge on any atom is 0.0762 e. The molecule has 0 bridgehead atoms. The van der Waals surface area contributed by atoms with Crippen LogP contribution in [0.4, 0.5) is 5.69 Å². The van der Waals surface area contributed by atoms with Crippen molar-refractivity contribution in [3.05, 3.63) is 28.2 Å². The first kappa shape index (κ1) is 15.5. The molecule has 0 radical (unpaired) electrons. The van der Waals surface area contributed by atoms with Gasteiger partial charge in [0, 0.05) is 18.1 Å². The fraction of sp³-hybridized carbons (Fsp3) is 0.571. The van der Waals surface area contributed by atoms with Gasteiger partial charge in [-0.05, 0) is 67.6 Å². The molecule has 0 aliphatic rings. The molecule has 0 heterocycles. The lowest BCUT2D eigenvalue weighted by Crippen LogP contribution is -2.23. The minimum Gasteiger partial charge on any atom is -0.389 e. The highest BCUT2D eigenvalue weighted by molar-refractivity contribution is 9.10. The Morgan fingerprint density at radius 3 is 2.39 bits per heavy atom. The first-order chi connectivity index (χ1) is 8.41. The van der Waals surface area contributed by atoms with Crippen LogP contribution in [0, 0.1) is 0 Å². The third kappa shape index (κ3) is 4.59. The molecule has 1 atom stereocenters. The van der Waals surface area contributed by atoms with Gasteiger partial charge in [0.15, 0.2) is 0 Å². The van der Waals surface area contributed by atoms with Crippen molar-refractivity contribution < 1.29 is 5.11 Å². The van der Waals surface area contributed by atoms with E-state index in [2.05, 4.69) is 52.9 Å². The van der Waals surface area contributed by atoms with Crippen molar-refractivity contribution >= 4 is 21.6 Å². The molecule has 1 N–H and O–H groups in total. The first-order valence-corrected chi connectivity index (χ1v) is 7.04. The van der Waals surface area contributed by atoms with E-state index >= 15 is 0 Å². The van der Waals surface area contributed by atoms with Gasteiger partial charge < -0.3 is 14.9 Å². The van der Waals surface area contributed by atoms with Crippen LogP contribution in [-0.2, 0) is 0 Å². The fourth-order valence-corrected chi connectivity index (χ4v) is 2.54. The minimum absolute atomic E-state index is 0.422. The van der Waals surface area contributed by atoms with Gasteiger partial charge in [-0.2, -0.15) is 0 Å². The number of hydrogen-bond acceptors (Lipinski definition) is 3. The summed E-state index contributed by atoms with van der Waals surface area (Å²) >= 11 is 3.57. The van der Waals surface area contributed by atoms with E-state index in [1.54, 1.807) is 6.92 Å². The molecule has 1 rings (SSSR count). The van der Waals surface area contributed by atoms with Crippen LogP contribution in [0.2, 0.25) is 0 Å². The fourth-order valence-electron chi connectivity index (χ4n) is 1.84. The molecule has 18 heavy (non-hydrogen) atoms. The molecule has 0 unspecified atom stereocenters. The average Bonchev–Trinajstić information content (AvgIpc) is 2.27. The Morgan fingerprint density at radius 1 is 1.22 bits per heavy atom. The molecule has 4 heteroatoms.